The van der Waals surface area contributed by atoms with Gasteiger partial charge in [0.25, 0.3) is 5.91 Å². The Bertz CT molecular complexity index is 1360. The van der Waals surface area contributed by atoms with Crippen LogP contribution in [0.3, 0.4) is 0 Å². The number of hydrogen-bond acceptors (Lipinski definition) is 5. The molecule has 1 amide bonds. The Labute approximate surface area is 282 Å². The molecule has 3 aromatic rings. The maximum absolute atomic E-state index is 12.9. The first kappa shape index (κ1) is 37.5. The number of nitrogens with one attached hydrogen (secondary N) is 1. The lowest BCUT2D eigenvalue weighted by atomic mass is 9.89. The largest absolute Gasteiger partial charge is 0.490 e. The second-order valence-electron chi connectivity index (χ2n) is 12.4. The molecule has 0 radical (unpaired) electrons. The van der Waals surface area contributed by atoms with E-state index >= 15 is 0 Å². The standard InChI is InChI=1S/C41H55NO5/c1-3-5-7-8-9-14-23-37(47-36-24-15-11-16-25-36)26-18-32-46-41(45)35-27-29-38(39(43)30-28-35)40(44)42-31-17-22-33(19-6-4-2)34-20-12-10-13-21-34/h10-13,15-16,20-21,24-25,27-30,33,37H,3-9,14,17-19,22-23,26,31-32H2,1-2H3,(H,42,44). The summed E-state index contributed by atoms with van der Waals surface area (Å²) < 4.78 is 11.8. The molecular weight excluding hydrogens is 586 g/mol. The first-order chi connectivity index (χ1) is 23.0. The number of amides is 1. The normalized spacial score (nSPS) is 12.2. The molecule has 254 valence electrons. The SMILES string of the molecule is CCCCCCCCC(CCCOC(=O)c1ccc(C(=O)NCCCC(CCCC)c2ccccc2)c(=O)cc1)Oc1ccccc1. The molecule has 3 aromatic carbocycles. The maximum Gasteiger partial charge on any atom is 0.338 e. The average Bonchev–Trinajstić information content (AvgIpc) is 3.29. The number of esters is 1. The molecular formula is C41H55NO5. The Hall–Kier alpha value is -3.93. The van der Waals surface area contributed by atoms with Gasteiger partial charge in [-0.15, -0.1) is 0 Å². The zero-order chi connectivity index (χ0) is 33.5. The summed E-state index contributed by atoms with van der Waals surface area (Å²) in [6.07, 6.45) is 15.1. The zero-order valence-corrected chi connectivity index (χ0v) is 28.6. The van der Waals surface area contributed by atoms with E-state index in [-0.39, 0.29) is 23.8 Å². The van der Waals surface area contributed by atoms with Crippen molar-refractivity contribution in [3.63, 3.8) is 0 Å². The fraction of sp³-hybridized carbons (Fsp3) is 0.488. The van der Waals surface area contributed by atoms with Gasteiger partial charge in [0.05, 0.1) is 23.8 Å². The second-order valence-corrected chi connectivity index (χ2v) is 12.4. The van der Waals surface area contributed by atoms with Crippen LogP contribution in [0.2, 0.25) is 0 Å². The van der Waals surface area contributed by atoms with E-state index in [4.69, 9.17) is 9.47 Å². The minimum atomic E-state index is -0.512. The van der Waals surface area contributed by atoms with Crippen molar-refractivity contribution in [2.75, 3.05) is 13.2 Å². The van der Waals surface area contributed by atoms with Gasteiger partial charge in [-0.1, -0.05) is 107 Å². The van der Waals surface area contributed by atoms with Gasteiger partial charge in [-0.3, -0.25) is 9.59 Å². The molecule has 0 aliphatic carbocycles. The molecule has 0 heterocycles. The van der Waals surface area contributed by atoms with Gasteiger partial charge < -0.3 is 14.8 Å². The third-order valence-electron chi connectivity index (χ3n) is 8.61. The number of para-hydroxylation sites is 1. The molecule has 0 aliphatic heterocycles. The first-order valence-corrected chi connectivity index (χ1v) is 17.9. The van der Waals surface area contributed by atoms with Crippen LogP contribution in [0.4, 0.5) is 0 Å². The van der Waals surface area contributed by atoms with Crippen LogP contribution in [0.1, 0.15) is 136 Å². The van der Waals surface area contributed by atoms with E-state index in [1.165, 1.54) is 68.4 Å². The zero-order valence-electron chi connectivity index (χ0n) is 28.6. The highest BCUT2D eigenvalue weighted by atomic mass is 16.5. The molecule has 0 spiro atoms. The molecule has 0 aromatic heterocycles. The number of carbonyl (C=O) groups is 2. The Balaban J connectivity index is 1.46. The monoisotopic (exact) mass is 641 g/mol. The van der Waals surface area contributed by atoms with Crippen molar-refractivity contribution in [3.8, 4) is 5.75 Å². The van der Waals surface area contributed by atoms with E-state index in [0.717, 1.165) is 50.7 Å². The molecule has 47 heavy (non-hydrogen) atoms. The smallest absolute Gasteiger partial charge is 0.338 e. The van der Waals surface area contributed by atoms with E-state index in [1.807, 2.05) is 36.4 Å². The van der Waals surface area contributed by atoms with Gasteiger partial charge in [-0.05, 0) is 92.8 Å². The highest BCUT2D eigenvalue weighted by Gasteiger charge is 2.15. The third kappa shape index (κ3) is 14.6. The molecule has 6 heteroatoms. The van der Waals surface area contributed by atoms with Crippen molar-refractivity contribution in [3.05, 3.63) is 112 Å². The summed E-state index contributed by atoms with van der Waals surface area (Å²) in [7, 11) is 0. The van der Waals surface area contributed by atoms with Crippen LogP contribution in [-0.4, -0.2) is 31.1 Å². The van der Waals surface area contributed by atoms with Crippen molar-refractivity contribution in [1.82, 2.24) is 5.32 Å². The Morgan fingerprint density at radius 3 is 2.04 bits per heavy atom. The Morgan fingerprint density at radius 1 is 0.660 bits per heavy atom. The van der Waals surface area contributed by atoms with E-state index in [9.17, 15) is 14.4 Å². The highest BCUT2D eigenvalue weighted by Crippen LogP contribution is 2.26. The van der Waals surface area contributed by atoms with Gasteiger partial charge in [0, 0.05) is 6.54 Å². The van der Waals surface area contributed by atoms with Crippen molar-refractivity contribution in [1.29, 1.82) is 0 Å². The van der Waals surface area contributed by atoms with Crippen molar-refractivity contribution < 1.29 is 19.1 Å². The summed E-state index contributed by atoms with van der Waals surface area (Å²) >= 11 is 0. The lowest BCUT2D eigenvalue weighted by Gasteiger charge is -2.19. The predicted molar refractivity (Wildman–Crippen MR) is 191 cm³/mol. The van der Waals surface area contributed by atoms with Crippen LogP contribution in [0.15, 0.2) is 89.7 Å². The summed E-state index contributed by atoms with van der Waals surface area (Å²) in [5.41, 5.74) is 1.16. The van der Waals surface area contributed by atoms with E-state index in [0.29, 0.717) is 18.9 Å². The number of benzene rings is 2. The maximum atomic E-state index is 12.9. The minimum absolute atomic E-state index is 0.0187. The van der Waals surface area contributed by atoms with Crippen LogP contribution in [0.25, 0.3) is 0 Å². The molecule has 2 unspecified atom stereocenters. The molecule has 2 atom stereocenters. The van der Waals surface area contributed by atoms with Gasteiger partial charge in [0.2, 0.25) is 0 Å². The predicted octanol–water partition coefficient (Wildman–Crippen LogP) is 9.67. The van der Waals surface area contributed by atoms with Crippen LogP contribution in [0, 0.1) is 0 Å². The summed E-state index contributed by atoms with van der Waals surface area (Å²) in [6, 6.07) is 26.0. The highest BCUT2D eigenvalue weighted by molar-refractivity contribution is 5.95. The lowest BCUT2D eigenvalue weighted by Crippen LogP contribution is -2.28. The van der Waals surface area contributed by atoms with Crippen molar-refractivity contribution in [2.45, 2.75) is 116 Å². The third-order valence-corrected chi connectivity index (χ3v) is 8.61. The Morgan fingerprint density at radius 2 is 1.30 bits per heavy atom. The van der Waals surface area contributed by atoms with Gasteiger partial charge in [-0.25, -0.2) is 4.79 Å². The average molecular weight is 642 g/mol. The fourth-order valence-electron chi connectivity index (χ4n) is 5.85. The molecule has 0 fully saturated rings. The fourth-order valence-corrected chi connectivity index (χ4v) is 5.85. The summed E-state index contributed by atoms with van der Waals surface area (Å²) in [5, 5.41) is 2.90. The number of ether oxygens (including phenoxy) is 2. The van der Waals surface area contributed by atoms with Gasteiger partial charge >= 0.3 is 5.97 Å². The number of hydrogen-bond donors (Lipinski definition) is 1. The second kappa shape index (κ2) is 22.6. The molecule has 6 nitrogen and oxygen atoms in total. The van der Waals surface area contributed by atoms with Crippen LogP contribution in [0.5, 0.6) is 5.75 Å². The van der Waals surface area contributed by atoms with Gasteiger partial charge in [-0.2, -0.15) is 0 Å². The van der Waals surface area contributed by atoms with Crippen LogP contribution in [-0.2, 0) is 4.74 Å². The van der Waals surface area contributed by atoms with E-state index in [2.05, 4.69) is 43.4 Å². The first-order valence-electron chi connectivity index (χ1n) is 17.9. The number of unbranched alkanes of at least 4 members (excludes halogenated alkanes) is 6. The van der Waals surface area contributed by atoms with Crippen molar-refractivity contribution in [2.24, 2.45) is 0 Å². The topological polar surface area (TPSA) is 81.7 Å². The van der Waals surface area contributed by atoms with E-state index in [1.54, 1.807) is 0 Å². The summed E-state index contributed by atoms with van der Waals surface area (Å²) in [6.45, 7) is 5.16. The van der Waals surface area contributed by atoms with Crippen molar-refractivity contribution >= 4 is 11.9 Å². The molecule has 0 bridgehead atoms. The van der Waals surface area contributed by atoms with Crippen LogP contribution >= 0.6 is 0 Å². The molecule has 3 rings (SSSR count). The van der Waals surface area contributed by atoms with Gasteiger partial charge in [0.15, 0.2) is 5.43 Å². The molecule has 0 saturated carbocycles. The Kier molecular flexibility index (Phi) is 18.0. The molecule has 1 N–H and O–H groups in total. The quantitative estimate of drug-likeness (QED) is 0.0824. The van der Waals surface area contributed by atoms with Gasteiger partial charge in [0.1, 0.15) is 5.75 Å². The molecule has 0 aliphatic rings. The summed E-state index contributed by atoms with van der Waals surface area (Å²) in [5.74, 6) is 0.371. The van der Waals surface area contributed by atoms with E-state index < -0.39 is 17.3 Å². The van der Waals surface area contributed by atoms with Crippen LogP contribution < -0.4 is 15.5 Å². The number of rotatable bonds is 23. The number of carbonyl (C=O) groups excluding carboxylic acids is 2. The minimum Gasteiger partial charge on any atom is -0.490 e. The summed E-state index contributed by atoms with van der Waals surface area (Å²) in [4.78, 5) is 38.4. The lowest BCUT2D eigenvalue weighted by molar-refractivity contribution is 0.0480. The molecule has 0 saturated heterocycles.